The number of hydrogen-bond donors (Lipinski definition) is 1. The molecule has 0 aliphatic carbocycles. The molecule has 0 heterocycles. The summed E-state index contributed by atoms with van der Waals surface area (Å²) in [6.45, 7) is 2.42. The van der Waals surface area contributed by atoms with E-state index in [1.54, 1.807) is 12.1 Å². The normalized spacial score (nSPS) is 13.0. The van der Waals surface area contributed by atoms with Crippen LogP contribution < -0.4 is 4.72 Å². The van der Waals surface area contributed by atoms with Crippen molar-refractivity contribution in [1.82, 2.24) is 4.72 Å². The Bertz CT molecular complexity index is 686. The van der Waals surface area contributed by atoms with Crippen LogP contribution >= 0.6 is 11.6 Å². The minimum Gasteiger partial charge on any atom is -0.211 e. The summed E-state index contributed by atoms with van der Waals surface area (Å²) in [7, 11) is -3.53. The number of benzene rings is 2. The van der Waals surface area contributed by atoms with Gasteiger partial charge in [0.15, 0.2) is 0 Å². The predicted molar refractivity (Wildman–Crippen MR) is 86.1 cm³/mol. The Morgan fingerprint density at radius 1 is 1.10 bits per heavy atom. The van der Waals surface area contributed by atoms with Gasteiger partial charge in [-0.15, -0.1) is 0 Å². The summed E-state index contributed by atoms with van der Waals surface area (Å²) in [5.41, 5.74) is 1.13. The molecule has 0 saturated heterocycles. The average Bonchev–Trinajstić information content (AvgIpc) is 2.49. The Labute approximate surface area is 131 Å². The minimum absolute atomic E-state index is 0.153. The van der Waals surface area contributed by atoms with Crippen molar-refractivity contribution in [3.63, 3.8) is 0 Å². The molecular weight excluding hydrogens is 306 g/mol. The van der Waals surface area contributed by atoms with Crippen molar-refractivity contribution in [3.05, 3.63) is 65.2 Å². The lowest BCUT2D eigenvalue weighted by molar-refractivity contribution is 0.566. The zero-order valence-electron chi connectivity index (χ0n) is 11.8. The van der Waals surface area contributed by atoms with Crippen molar-refractivity contribution < 1.29 is 8.42 Å². The Morgan fingerprint density at radius 2 is 1.81 bits per heavy atom. The van der Waals surface area contributed by atoms with Gasteiger partial charge in [-0.25, -0.2) is 13.1 Å². The molecule has 2 aromatic carbocycles. The standard InChI is InChI=1S/C16H18ClNO2S/c1-2-13(14-7-4-3-5-8-14)12-18-21(19,20)16-10-6-9-15(17)11-16/h3-11,13,18H,2,12H2,1H3/t13-/m1/s1. The van der Waals surface area contributed by atoms with Crippen LogP contribution in [0.2, 0.25) is 5.02 Å². The number of sulfonamides is 1. The molecule has 0 aromatic heterocycles. The molecule has 1 N–H and O–H groups in total. The van der Waals surface area contributed by atoms with E-state index in [1.807, 2.05) is 37.3 Å². The molecule has 0 bridgehead atoms. The fourth-order valence-corrected chi connectivity index (χ4v) is 3.53. The Morgan fingerprint density at radius 3 is 2.43 bits per heavy atom. The van der Waals surface area contributed by atoms with E-state index in [9.17, 15) is 8.42 Å². The number of hydrogen-bond acceptors (Lipinski definition) is 2. The lowest BCUT2D eigenvalue weighted by Crippen LogP contribution is -2.28. The van der Waals surface area contributed by atoms with Gasteiger partial charge >= 0.3 is 0 Å². The molecule has 1 atom stereocenters. The van der Waals surface area contributed by atoms with E-state index < -0.39 is 10.0 Å². The number of nitrogens with one attached hydrogen (secondary N) is 1. The van der Waals surface area contributed by atoms with Gasteiger partial charge in [-0.3, -0.25) is 0 Å². The van der Waals surface area contributed by atoms with Crippen LogP contribution in [0.5, 0.6) is 0 Å². The summed E-state index contributed by atoms with van der Waals surface area (Å²) in [6, 6.07) is 16.2. The zero-order valence-corrected chi connectivity index (χ0v) is 13.4. The van der Waals surface area contributed by atoms with E-state index in [0.717, 1.165) is 12.0 Å². The smallest absolute Gasteiger partial charge is 0.211 e. The maximum absolute atomic E-state index is 12.3. The summed E-state index contributed by atoms with van der Waals surface area (Å²) in [5.74, 6) is 0.153. The third-order valence-electron chi connectivity index (χ3n) is 3.39. The molecule has 0 spiro atoms. The summed E-state index contributed by atoms with van der Waals surface area (Å²) in [5, 5.41) is 0.410. The van der Waals surface area contributed by atoms with Gasteiger partial charge in [0.25, 0.3) is 0 Å². The van der Waals surface area contributed by atoms with Crippen LogP contribution in [-0.4, -0.2) is 15.0 Å². The van der Waals surface area contributed by atoms with Crippen LogP contribution in [0.15, 0.2) is 59.5 Å². The summed E-state index contributed by atoms with van der Waals surface area (Å²) in [6.07, 6.45) is 0.863. The second-order valence-electron chi connectivity index (χ2n) is 4.83. The summed E-state index contributed by atoms with van der Waals surface area (Å²) < 4.78 is 27.2. The highest BCUT2D eigenvalue weighted by atomic mass is 35.5. The van der Waals surface area contributed by atoms with Crippen LogP contribution in [0.1, 0.15) is 24.8 Å². The average molecular weight is 324 g/mol. The first-order valence-electron chi connectivity index (χ1n) is 6.83. The molecule has 2 aromatic rings. The van der Waals surface area contributed by atoms with E-state index in [0.29, 0.717) is 11.6 Å². The highest BCUT2D eigenvalue weighted by Crippen LogP contribution is 2.20. The quantitative estimate of drug-likeness (QED) is 0.878. The van der Waals surface area contributed by atoms with Gasteiger partial charge < -0.3 is 0 Å². The van der Waals surface area contributed by atoms with Crippen molar-refractivity contribution >= 4 is 21.6 Å². The lowest BCUT2D eigenvalue weighted by atomic mass is 9.97. The lowest BCUT2D eigenvalue weighted by Gasteiger charge is -2.16. The molecular formula is C16H18ClNO2S. The molecule has 2 rings (SSSR count). The van der Waals surface area contributed by atoms with Crippen LogP contribution in [0.25, 0.3) is 0 Å². The Kier molecular flexibility index (Phi) is 5.39. The van der Waals surface area contributed by atoms with E-state index in [1.165, 1.54) is 12.1 Å². The van der Waals surface area contributed by atoms with Gasteiger partial charge in [-0.05, 0) is 36.1 Å². The van der Waals surface area contributed by atoms with Gasteiger partial charge in [-0.2, -0.15) is 0 Å². The second-order valence-corrected chi connectivity index (χ2v) is 7.03. The molecule has 0 radical (unpaired) electrons. The topological polar surface area (TPSA) is 46.2 Å². The molecule has 5 heteroatoms. The maximum atomic E-state index is 12.3. The molecule has 112 valence electrons. The van der Waals surface area contributed by atoms with Gasteiger partial charge in [0.1, 0.15) is 0 Å². The molecule has 0 amide bonds. The first-order valence-corrected chi connectivity index (χ1v) is 8.69. The van der Waals surface area contributed by atoms with Gasteiger partial charge in [0, 0.05) is 11.6 Å². The maximum Gasteiger partial charge on any atom is 0.240 e. The predicted octanol–water partition coefficient (Wildman–Crippen LogP) is 3.81. The van der Waals surface area contributed by atoms with Crippen molar-refractivity contribution in [3.8, 4) is 0 Å². The first kappa shape index (κ1) is 16.0. The van der Waals surface area contributed by atoms with Crippen LogP contribution in [-0.2, 0) is 10.0 Å². The minimum atomic E-state index is -3.53. The molecule has 0 aliphatic rings. The van der Waals surface area contributed by atoms with E-state index in [-0.39, 0.29) is 10.8 Å². The fourth-order valence-electron chi connectivity index (χ4n) is 2.15. The second kappa shape index (κ2) is 7.07. The Hall–Kier alpha value is -1.36. The van der Waals surface area contributed by atoms with Gasteiger partial charge in [0.2, 0.25) is 10.0 Å². The van der Waals surface area contributed by atoms with Crippen molar-refractivity contribution in [2.45, 2.75) is 24.2 Å². The molecule has 0 saturated carbocycles. The highest BCUT2D eigenvalue weighted by molar-refractivity contribution is 7.89. The monoisotopic (exact) mass is 323 g/mol. The van der Waals surface area contributed by atoms with E-state index in [2.05, 4.69) is 4.72 Å². The van der Waals surface area contributed by atoms with E-state index >= 15 is 0 Å². The zero-order chi connectivity index (χ0) is 15.3. The molecule has 0 aliphatic heterocycles. The SMILES string of the molecule is CC[C@H](CNS(=O)(=O)c1cccc(Cl)c1)c1ccccc1. The van der Waals surface area contributed by atoms with Gasteiger partial charge in [0.05, 0.1) is 4.90 Å². The third-order valence-corrected chi connectivity index (χ3v) is 5.05. The fraction of sp³-hybridized carbons (Fsp3) is 0.250. The third kappa shape index (κ3) is 4.30. The van der Waals surface area contributed by atoms with Crippen LogP contribution in [0.4, 0.5) is 0 Å². The van der Waals surface area contributed by atoms with Crippen molar-refractivity contribution in [1.29, 1.82) is 0 Å². The largest absolute Gasteiger partial charge is 0.240 e. The number of halogens is 1. The summed E-state index contributed by atoms with van der Waals surface area (Å²) in [4.78, 5) is 0.193. The molecule has 0 unspecified atom stereocenters. The van der Waals surface area contributed by atoms with E-state index in [4.69, 9.17) is 11.6 Å². The summed E-state index contributed by atoms with van der Waals surface area (Å²) >= 11 is 5.84. The van der Waals surface area contributed by atoms with Crippen molar-refractivity contribution in [2.75, 3.05) is 6.54 Å². The van der Waals surface area contributed by atoms with Crippen LogP contribution in [0, 0.1) is 0 Å². The van der Waals surface area contributed by atoms with Crippen LogP contribution in [0.3, 0.4) is 0 Å². The molecule has 0 fully saturated rings. The van der Waals surface area contributed by atoms with Gasteiger partial charge in [-0.1, -0.05) is 54.9 Å². The Balaban J connectivity index is 2.11. The van der Waals surface area contributed by atoms with Crippen molar-refractivity contribution in [2.24, 2.45) is 0 Å². The first-order chi connectivity index (χ1) is 10.0. The molecule has 3 nitrogen and oxygen atoms in total. The highest BCUT2D eigenvalue weighted by Gasteiger charge is 2.17. The molecule has 21 heavy (non-hydrogen) atoms. The number of rotatable bonds is 6.